The van der Waals surface area contributed by atoms with Gasteiger partial charge in [-0.1, -0.05) is 37.6 Å². The van der Waals surface area contributed by atoms with Gasteiger partial charge in [0.1, 0.15) is 5.69 Å². The van der Waals surface area contributed by atoms with Gasteiger partial charge in [0, 0.05) is 23.9 Å². The van der Waals surface area contributed by atoms with Crippen molar-refractivity contribution in [3.05, 3.63) is 104 Å². The van der Waals surface area contributed by atoms with E-state index in [-0.39, 0.29) is 35.5 Å². The minimum atomic E-state index is -1.28. The largest absolute Gasteiger partial charge is 0.504 e. The number of aromatic nitrogens is 1. The summed E-state index contributed by atoms with van der Waals surface area (Å²) in [6, 6.07) is 16.2. The van der Waals surface area contributed by atoms with Crippen molar-refractivity contribution < 1.29 is 29.6 Å². The first-order valence-electron chi connectivity index (χ1n) is 11.8. The van der Waals surface area contributed by atoms with Crippen LogP contribution in [0.3, 0.4) is 0 Å². The van der Waals surface area contributed by atoms with Crippen molar-refractivity contribution in [2.75, 3.05) is 7.11 Å². The number of fused-ring (bicyclic) bond motifs is 1. The first kappa shape index (κ1) is 25.5. The van der Waals surface area contributed by atoms with Crippen molar-refractivity contribution in [1.82, 2.24) is 4.57 Å². The molecule has 3 N–H and O–H groups in total. The van der Waals surface area contributed by atoms with E-state index in [1.807, 2.05) is 6.92 Å². The maximum absolute atomic E-state index is 13.5. The Kier molecular flexibility index (Phi) is 7.29. The molecule has 1 heterocycles. The maximum atomic E-state index is 13.5. The lowest BCUT2D eigenvalue weighted by Crippen LogP contribution is -2.25. The number of nitrogens with zero attached hydrogens (tertiary/aromatic N) is 1. The van der Waals surface area contributed by atoms with Crippen LogP contribution in [-0.4, -0.2) is 38.9 Å². The Bertz CT molecular complexity index is 1570. The van der Waals surface area contributed by atoms with E-state index < -0.39 is 17.4 Å². The summed E-state index contributed by atoms with van der Waals surface area (Å²) in [5, 5.41) is 30.5. The quantitative estimate of drug-likeness (QED) is 0.303. The van der Waals surface area contributed by atoms with Gasteiger partial charge >= 0.3 is 11.9 Å². The first-order chi connectivity index (χ1) is 17.7. The fourth-order valence-electron chi connectivity index (χ4n) is 4.68. The molecule has 3 aromatic carbocycles. The molecular weight excluding hydrogens is 474 g/mol. The van der Waals surface area contributed by atoms with Gasteiger partial charge in [0.05, 0.1) is 18.2 Å². The SMILES string of the molecule is CCCc1cc(OC)c(O)cc1Cn1c(C(=O)O)c(Cc2cccc(C(=O)O)c2)c(=O)c2ccccc21. The number of aromatic carboxylic acids is 2. The van der Waals surface area contributed by atoms with Crippen LogP contribution in [0.5, 0.6) is 11.5 Å². The minimum Gasteiger partial charge on any atom is -0.504 e. The Morgan fingerprint density at radius 3 is 2.38 bits per heavy atom. The van der Waals surface area contributed by atoms with E-state index in [1.54, 1.807) is 53.1 Å². The Labute approximate surface area is 213 Å². The van der Waals surface area contributed by atoms with Gasteiger partial charge in [-0.25, -0.2) is 9.59 Å². The monoisotopic (exact) mass is 501 g/mol. The fraction of sp³-hybridized carbons (Fsp3) is 0.207. The first-order valence-corrected chi connectivity index (χ1v) is 11.8. The number of hydrogen-bond donors (Lipinski definition) is 3. The van der Waals surface area contributed by atoms with Crippen LogP contribution in [0, 0.1) is 0 Å². The molecule has 0 aliphatic heterocycles. The van der Waals surface area contributed by atoms with Crippen LogP contribution in [0.4, 0.5) is 0 Å². The summed E-state index contributed by atoms with van der Waals surface area (Å²) in [4.78, 5) is 37.6. The van der Waals surface area contributed by atoms with Crippen LogP contribution in [0.2, 0.25) is 0 Å². The lowest BCUT2D eigenvalue weighted by atomic mass is 9.97. The Morgan fingerprint density at radius 2 is 1.70 bits per heavy atom. The number of carbonyl (C=O) groups is 2. The van der Waals surface area contributed by atoms with E-state index >= 15 is 0 Å². The highest BCUT2D eigenvalue weighted by Gasteiger charge is 2.23. The second-order valence-electron chi connectivity index (χ2n) is 8.79. The van der Waals surface area contributed by atoms with Crippen LogP contribution < -0.4 is 10.2 Å². The Morgan fingerprint density at radius 1 is 0.946 bits per heavy atom. The van der Waals surface area contributed by atoms with Crippen molar-refractivity contribution in [1.29, 1.82) is 0 Å². The van der Waals surface area contributed by atoms with Crippen molar-refractivity contribution >= 4 is 22.8 Å². The van der Waals surface area contributed by atoms with Crippen LogP contribution in [-0.2, 0) is 19.4 Å². The molecule has 0 saturated heterocycles. The average Bonchev–Trinajstić information content (AvgIpc) is 2.88. The van der Waals surface area contributed by atoms with Crippen LogP contribution in [0.25, 0.3) is 10.9 Å². The number of aromatic hydroxyl groups is 1. The molecule has 4 rings (SSSR count). The van der Waals surface area contributed by atoms with Crippen LogP contribution in [0.15, 0.2) is 65.5 Å². The third-order valence-electron chi connectivity index (χ3n) is 6.38. The van der Waals surface area contributed by atoms with Gasteiger partial charge in [-0.2, -0.15) is 0 Å². The van der Waals surface area contributed by atoms with Gasteiger partial charge in [0.15, 0.2) is 16.9 Å². The maximum Gasteiger partial charge on any atom is 0.352 e. The normalized spacial score (nSPS) is 11.0. The summed E-state index contributed by atoms with van der Waals surface area (Å²) in [7, 11) is 1.47. The van der Waals surface area contributed by atoms with Crippen molar-refractivity contribution in [3.8, 4) is 11.5 Å². The van der Waals surface area contributed by atoms with E-state index in [2.05, 4.69) is 0 Å². The minimum absolute atomic E-state index is 0.0494. The highest BCUT2D eigenvalue weighted by molar-refractivity contribution is 5.93. The van der Waals surface area contributed by atoms with Gasteiger partial charge < -0.3 is 24.6 Å². The predicted octanol–water partition coefficient (Wildman–Crippen LogP) is 4.70. The number of rotatable bonds is 9. The second-order valence-corrected chi connectivity index (χ2v) is 8.79. The summed E-state index contributed by atoms with van der Waals surface area (Å²) < 4.78 is 6.84. The van der Waals surface area contributed by atoms with Gasteiger partial charge in [0.2, 0.25) is 0 Å². The second kappa shape index (κ2) is 10.6. The molecule has 0 unspecified atom stereocenters. The molecule has 0 atom stereocenters. The summed E-state index contributed by atoms with van der Waals surface area (Å²) in [5.41, 5.74) is 2.07. The molecule has 0 aliphatic rings. The molecule has 37 heavy (non-hydrogen) atoms. The number of aryl methyl sites for hydroxylation is 1. The summed E-state index contributed by atoms with van der Waals surface area (Å²) >= 11 is 0. The molecule has 0 aliphatic carbocycles. The standard InChI is InChI=1S/C29H27NO7/c1-3-7-18-15-25(37-2)24(31)14-20(18)16-30-23-11-5-4-10-21(23)27(32)22(26(30)29(35)36)13-17-8-6-9-19(12-17)28(33)34/h4-6,8-12,14-15,31H,3,7,13,16H2,1-2H3,(H,33,34)(H,35,36). The van der Waals surface area contributed by atoms with Crippen molar-refractivity contribution in [2.24, 2.45) is 0 Å². The van der Waals surface area contributed by atoms with Crippen molar-refractivity contribution in [2.45, 2.75) is 32.7 Å². The summed E-state index contributed by atoms with van der Waals surface area (Å²) in [6.07, 6.45) is 1.45. The van der Waals surface area contributed by atoms with Gasteiger partial charge in [-0.15, -0.1) is 0 Å². The lowest BCUT2D eigenvalue weighted by molar-refractivity contribution is 0.0677. The van der Waals surface area contributed by atoms with Gasteiger partial charge in [0.25, 0.3) is 0 Å². The number of carboxylic acids is 2. The zero-order chi connectivity index (χ0) is 26.7. The molecule has 0 fully saturated rings. The van der Waals surface area contributed by atoms with E-state index in [9.17, 15) is 29.7 Å². The zero-order valence-corrected chi connectivity index (χ0v) is 20.5. The predicted molar refractivity (Wildman–Crippen MR) is 139 cm³/mol. The molecule has 8 heteroatoms. The van der Waals surface area contributed by atoms with Gasteiger partial charge in [-0.05, 0) is 59.5 Å². The highest BCUT2D eigenvalue weighted by atomic mass is 16.5. The zero-order valence-electron chi connectivity index (χ0n) is 20.5. The van der Waals surface area contributed by atoms with Crippen LogP contribution >= 0.6 is 0 Å². The molecule has 0 radical (unpaired) electrons. The lowest BCUT2D eigenvalue weighted by Gasteiger charge is -2.20. The summed E-state index contributed by atoms with van der Waals surface area (Å²) in [6.45, 7) is 2.11. The number of hydrogen-bond acceptors (Lipinski definition) is 5. The van der Waals surface area contributed by atoms with E-state index in [0.29, 0.717) is 34.2 Å². The molecule has 190 valence electrons. The molecule has 0 bridgehead atoms. The number of methoxy groups -OCH3 is 1. The molecule has 0 amide bonds. The highest BCUT2D eigenvalue weighted by Crippen LogP contribution is 2.32. The van der Waals surface area contributed by atoms with Gasteiger partial charge in [-0.3, -0.25) is 4.79 Å². The number of benzene rings is 3. The third-order valence-corrected chi connectivity index (χ3v) is 6.38. The molecule has 1 aromatic heterocycles. The molecule has 0 spiro atoms. The van der Waals surface area contributed by atoms with E-state index in [1.165, 1.54) is 19.2 Å². The smallest absolute Gasteiger partial charge is 0.352 e. The third kappa shape index (κ3) is 5.04. The average molecular weight is 502 g/mol. The number of phenols is 1. The number of pyridine rings is 1. The molecule has 0 saturated carbocycles. The number of para-hydroxylation sites is 1. The van der Waals surface area contributed by atoms with Crippen molar-refractivity contribution in [3.63, 3.8) is 0 Å². The van der Waals surface area contributed by atoms with E-state index in [4.69, 9.17) is 4.74 Å². The number of phenolic OH excluding ortho intramolecular Hbond substituents is 1. The van der Waals surface area contributed by atoms with Crippen LogP contribution in [0.1, 0.15) is 56.4 Å². The van der Waals surface area contributed by atoms with E-state index in [0.717, 1.165) is 12.0 Å². The topological polar surface area (TPSA) is 126 Å². The number of carboxylic acid groups (broad SMARTS) is 2. The Balaban J connectivity index is 1.97. The fourth-order valence-corrected chi connectivity index (χ4v) is 4.68. The summed E-state index contributed by atoms with van der Waals surface area (Å²) in [5.74, 6) is -2.12. The Hall–Kier alpha value is -4.59. The molecule has 8 nitrogen and oxygen atoms in total. The molecule has 4 aromatic rings. The molecular formula is C29H27NO7. The number of ether oxygens (including phenoxy) is 1.